The molecule has 1 amide bonds. The van der Waals surface area contributed by atoms with Crippen LogP contribution in [0.2, 0.25) is 0 Å². The number of piperidine rings is 1. The number of phosphoric ester groups is 2. The van der Waals surface area contributed by atoms with Crippen LogP contribution in [-0.4, -0.2) is 111 Å². The normalized spacial score (nSPS) is 26.9. The molecule has 0 bridgehead atoms. The fourth-order valence-corrected chi connectivity index (χ4v) is 7.92. The average Bonchev–Trinajstić information content (AvgIpc) is 3.85. The van der Waals surface area contributed by atoms with Gasteiger partial charge in [0.05, 0.1) is 19.5 Å². The largest absolute Gasteiger partial charge is 0.472 e. The maximum absolute atomic E-state index is 13.7. The number of hydrogen-bond acceptors (Lipinski definition) is 17. The van der Waals surface area contributed by atoms with Crippen molar-refractivity contribution in [3.63, 3.8) is 0 Å². The average molecular weight is 814 g/mol. The Bertz CT molecular complexity index is 2040. The second-order valence-corrected chi connectivity index (χ2v) is 15.6. The Hall–Kier alpha value is -4.15. The molecular weight excluding hydrogens is 772 g/mol. The van der Waals surface area contributed by atoms with Crippen LogP contribution in [-0.2, 0) is 46.5 Å². The van der Waals surface area contributed by atoms with E-state index in [9.17, 15) is 38.2 Å². The number of fused-ring (bicyclic) bond motifs is 1. The summed E-state index contributed by atoms with van der Waals surface area (Å²) in [5, 5.41) is 0. The number of carbonyl (C=O) groups is 2. The molecule has 0 aliphatic carbocycles. The molecule has 3 aliphatic heterocycles. The van der Waals surface area contributed by atoms with E-state index in [0.717, 1.165) is 4.57 Å². The summed E-state index contributed by atoms with van der Waals surface area (Å²) in [6.07, 6.45) is 0.556. The molecule has 0 saturated carbocycles. The summed E-state index contributed by atoms with van der Waals surface area (Å²) in [7, 11) is -10.1. The van der Waals surface area contributed by atoms with E-state index in [4.69, 9.17) is 34.7 Å². The Morgan fingerprint density at radius 1 is 1.00 bits per heavy atom. The Kier molecular flexibility index (Phi) is 12.5. The number of esters is 1. The van der Waals surface area contributed by atoms with E-state index in [1.165, 1.54) is 34.4 Å². The van der Waals surface area contributed by atoms with E-state index in [1.54, 1.807) is 6.08 Å². The van der Waals surface area contributed by atoms with E-state index < -0.39 is 83.4 Å². The number of carbonyl (C=O) groups excluding carboxylic acids is 2. The molecule has 0 aromatic carbocycles. The molecule has 3 fully saturated rings. The van der Waals surface area contributed by atoms with Gasteiger partial charge < -0.3 is 45.3 Å². The number of phosphoric acid groups is 2. The third-order valence-corrected chi connectivity index (χ3v) is 10.7. The van der Waals surface area contributed by atoms with Gasteiger partial charge in [0.1, 0.15) is 60.6 Å². The van der Waals surface area contributed by atoms with Crippen molar-refractivity contribution in [2.75, 3.05) is 31.2 Å². The van der Waals surface area contributed by atoms with Crippen molar-refractivity contribution in [2.45, 2.75) is 87.9 Å². The Balaban J connectivity index is 1.19. The zero-order valence-corrected chi connectivity index (χ0v) is 31.0. The van der Waals surface area contributed by atoms with Crippen LogP contribution in [0.15, 0.2) is 42.4 Å². The molecule has 3 aromatic heterocycles. The minimum absolute atomic E-state index is 0.00711. The number of amides is 1. The molecule has 2 unspecified atom stereocenters. The van der Waals surface area contributed by atoms with Gasteiger partial charge in [-0.25, -0.2) is 33.7 Å². The van der Waals surface area contributed by atoms with Gasteiger partial charge in [-0.1, -0.05) is 6.08 Å². The van der Waals surface area contributed by atoms with Crippen LogP contribution in [0.5, 0.6) is 0 Å². The molecule has 300 valence electrons. The number of nitrogens with two attached hydrogens (primary N) is 2. The molecule has 6 rings (SSSR count). The lowest BCUT2D eigenvalue weighted by Crippen LogP contribution is -2.49. The van der Waals surface area contributed by atoms with Crippen LogP contribution >= 0.6 is 15.6 Å². The van der Waals surface area contributed by atoms with E-state index in [2.05, 4.69) is 31.0 Å². The number of rotatable bonds is 15. The molecule has 3 aliphatic rings. The topological polar surface area (TPSA) is 318 Å². The number of hydrogen-bond donors (Lipinski definition) is 5. The maximum atomic E-state index is 13.7. The number of allylic oxidation sites excluding steroid dienone is 1. The number of nitrogen functional groups attached to an aromatic ring is 2. The molecule has 6 heterocycles. The van der Waals surface area contributed by atoms with E-state index in [0.29, 0.717) is 37.9 Å². The highest BCUT2D eigenvalue weighted by Crippen LogP contribution is 2.50. The second kappa shape index (κ2) is 16.9. The highest BCUT2D eigenvalue weighted by atomic mass is 31.2. The Labute approximate surface area is 312 Å². The van der Waals surface area contributed by atoms with Gasteiger partial charge in [-0.2, -0.15) is 4.98 Å². The van der Waals surface area contributed by atoms with Crippen molar-refractivity contribution in [3.8, 4) is 0 Å². The van der Waals surface area contributed by atoms with Crippen LogP contribution in [0.1, 0.15) is 57.4 Å². The minimum atomic E-state index is -5.07. The lowest BCUT2D eigenvalue weighted by Gasteiger charge is -2.35. The SMILES string of the molecule is C=CCCC(=O)N1CCCC[C@H]1C(=O)OC1C[C@H](n2cnc3c(N)ncnc32)O[C@@H]1COP(=O)(O)O[C@H]1C[C@H](n2ccc(N)nc2=O)O[C@@H]1COP(=O)(O)O. The lowest BCUT2D eigenvalue weighted by atomic mass is 10.0. The van der Waals surface area contributed by atoms with Crippen molar-refractivity contribution in [1.29, 1.82) is 0 Å². The lowest BCUT2D eigenvalue weighted by molar-refractivity contribution is -0.164. The van der Waals surface area contributed by atoms with Gasteiger partial charge in [0, 0.05) is 32.0 Å². The molecule has 0 radical (unpaired) electrons. The summed E-state index contributed by atoms with van der Waals surface area (Å²) in [5.74, 6) is -0.871. The number of likely N-dealkylation sites (tertiary alicyclic amines) is 1. The maximum Gasteiger partial charge on any atom is 0.472 e. The summed E-state index contributed by atoms with van der Waals surface area (Å²) in [6.45, 7) is 2.56. The number of anilines is 2. The Morgan fingerprint density at radius 3 is 2.44 bits per heavy atom. The second-order valence-electron chi connectivity index (χ2n) is 13.0. The number of ether oxygens (including phenoxy) is 3. The minimum Gasteiger partial charge on any atom is -0.458 e. The first-order chi connectivity index (χ1) is 26.1. The first kappa shape index (κ1) is 40.5. The summed E-state index contributed by atoms with van der Waals surface area (Å²) in [4.78, 5) is 86.1. The highest BCUT2D eigenvalue weighted by Gasteiger charge is 2.46. The predicted octanol–water partition coefficient (Wildman–Crippen LogP) is 0.693. The van der Waals surface area contributed by atoms with Gasteiger partial charge in [-0.15, -0.1) is 6.58 Å². The van der Waals surface area contributed by atoms with Gasteiger partial charge in [-0.3, -0.25) is 27.5 Å². The van der Waals surface area contributed by atoms with Crippen LogP contribution in [0, 0.1) is 0 Å². The zero-order chi connectivity index (χ0) is 39.5. The fourth-order valence-electron chi connectivity index (χ4n) is 6.61. The first-order valence-corrected chi connectivity index (χ1v) is 20.2. The van der Waals surface area contributed by atoms with Gasteiger partial charge in [0.2, 0.25) is 5.91 Å². The highest BCUT2D eigenvalue weighted by molar-refractivity contribution is 7.47. The molecule has 23 nitrogen and oxygen atoms in total. The predicted molar refractivity (Wildman–Crippen MR) is 187 cm³/mol. The van der Waals surface area contributed by atoms with Crippen molar-refractivity contribution < 1.29 is 61.2 Å². The van der Waals surface area contributed by atoms with Gasteiger partial charge in [0.15, 0.2) is 11.5 Å². The molecule has 55 heavy (non-hydrogen) atoms. The monoisotopic (exact) mass is 813 g/mol. The van der Waals surface area contributed by atoms with Crippen molar-refractivity contribution in [2.24, 2.45) is 0 Å². The first-order valence-electron chi connectivity index (χ1n) is 17.2. The third kappa shape index (κ3) is 9.81. The molecular formula is C30H41N9O14P2. The van der Waals surface area contributed by atoms with Gasteiger partial charge in [0.25, 0.3) is 0 Å². The van der Waals surface area contributed by atoms with E-state index >= 15 is 0 Å². The van der Waals surface area contributed by atoms with Crippen molar-refractivity contribution >= 4 is 50.3 Å². The van der Waals surface area contributed by atoms with Crippen LogP contribution in [0.3, 0.4) is 0 Å². The zero-order valence-electron chi connectivity index (χ0n) is 29.2. The molecule has 0 spiro atoms. The van der Waals surface area contributed by atoms with Gasteiger partial charge in [-0.05, 0) is 31.7 Å². The number of nitrogens with zero attached hydrogens (tertiary/aromatic N) is 7. The Morgan fingerprint density at radius 2 is 1.71 bits per heavy atom. The molecule has 8 atom stereocenters. The summed E-state index contributed by atoms with van der Waals surface area (Å²) >= 11 is 0. The molecule has 3 aromatic rings. The van der Waals surface area contributed by atoms with Crippen molar-refractivity contribution in [3.05, 3.63) is 48.1 Å². The van der Waals surface area contributed by atoms with Crippen molar-refractivity contribution in [1.82, 2.24) is 34.0 Å². The number of aromatic nitrogens is 6. The molecule has 25 heteroatoms. The summed E-state index contributed by atoms with van der Waals surface area (Å²) < 4.78 is 60.6. The smallest absolute Gasteiger partial charge is 0.458 e. The third-order valence-electron chi connectivity index (χ3n) is 9.22. The van der Waals surface area contributed by atoms with E-state index in [-0.39, 0.29) is 42.3 Å². The number of imidazole rings is 1. The van der Waals surface area contributed by atoms with Crippen LogP contribution in [0.4, 0.5) is 11.6 Å². The van der Waals surface area contributed by atoms with Crippen LogP contribution in [0.25, 0.3) is 11.2 Å². The van der Waals surface area contributed by atoms with Crippen LogP contribution < -0.4 is 17.2 Å². The van der Waals surface area contributed by atoms with E-state index in [1.807, 2.05) is 0 Å². The fraction of sp³-hybridized carbons (Fsp3) is 0.567. The van der Waals surface area contributed by atoms with Gasteiger partial charge >= 0.3 is 27.3 Å². The molecule has 3 saturated heterocycles. The quantitative estimate of drug-likeness (QED) is 0.0800. The summed E-state index contributed by atoms with van der Waals surface area (Å²) in [5.41, 5.74) is 11.3. The molecule has 7 N–H and O–H groups in total. The summed E-state index contributed by atoms with van der Waals surface area (Å²) in [6, 6.07) is 0.436. The standard InChI is InChI=1S/C30H41N9O14P2/c1-2-3-7-23(40)37-9-5-4-6-17(37)29(41)52-18-11-25(39-16-35-26-27(32)33-15-34-28(26)39)50-20(18)14-49-55(46,47)53-19-12-24(38-10-8-22(31)36-30(38)42)51-21(19)13-48-54(43,44)45/h2,8,10,15-21,24-25H,1,3-7,9,11-14H2,(H,46,47)(H2,31,36,42)(H2,32,33,34)(H2,43,44,45)/t17-,18?,19-,20+,21+,24+,25+/m0/s1.